The average molecular weight is 218 g/mol. The zero-order valence-electron chi connectivity index (χ0n) is 8.62. The third-order valence-corrected chi connectivity index (χ3v) is 2.86. The molecular weight excluding hydrogens is 202 g/mol. The Balaban J connectivity index is 2.56. The van der Waals surface area contributed by atoms with Crippen molar-refractivity contribution in [1.29, 1.82) is 0 Å². The quantitative estimate of drug-likeness (QED) is 0.660. The number of likely N-dealkylation sites (tertiary alicyclic amines) is 1. The highest BCUT2D eigenvalue weighted by Gasteiger charge is 2.28. The smallest absolute Gasteiger partial charge is 0.226 e. The Morgan fingerprint density at radius 3 is 2.57 bits per heavy atom. The summed E-state index contributed by atoms with van der Waals surface area (Å²) in [6.45, 7) is 5.00. The molecule has 0 N–H and O–H groups in total. The van der Waals surface area contributed by atoms with Gasteiger partial charge in [-0.1, -0.05) is 13.8 Å². The summed E-state index contributed by atoms with van der Waals surface area (Å²) >= 11 is 5.43. The van der Waals surface area contributed by atoms with Crippen LogP contribution in [0.1, 0.15) is 26.7 Å². The van der Waals surface area contributed by atoms with Gasteiger partial charge in [0.05, 0.1) is 5.92 Å². The molecule has 1 amide bonds. The summed E-state index contributed by atoms with van der Waals surface area (Å²) < 4.78 is 0. The Bertz CT molecular complexity index is 240. The van der Waals surface area contributed by atoms with Gasteiger partial charge in [-0.2, -0.15) is 0 Å². The van der Waals surface area contributed by atoms with E-state index < -0.39 is 0 Å². The summed E-state index contributed by atoms with van der Waals surface area (Å²) in [4.78, 5) is 24.4. The molecule has 1 saturated heterocycles. The van der Waals surface area contributed by atoms with Crippen LogP contribution in [-0.2, 0) is 9.59 Å². The maximum atomic E-state index is 11.6. The molecule has 0 aliphatic carbocycles. The molecule has 0 radical (unpaired) electrons. The predicted molar refractivity (Wildman–Crippen MR) is 55.0 cm³/mol. The van der Waals surface area contributed by atoms with Crippen molar-refractivity contribution in [3.05, 3.63) is 0 Å². The van der Waals surface area contributed by atoms with E-state index in [1.165, 1.54) is 0 Å². The standard InChI is InChI=1S/C10H16ClNO2/c1-7(2)10(14)12-5-3-4-8(6-12)9(11)13/h7-8H,3-6H2,1-2H3. The van der Waals surface area contributed by atoms with Gasteiger partial charge in [-0.25, -0.2) is 0 Å². The Hall–Kier alpha value is -0.570. The van der Waals surface area contributed by atoms with Crippen LogP contribution in [0.3, 0.4) is 0 Å². The fourth-order valence-electron chi connectivity index (χ4n) is 1.73. The second-order valence-corrected chi connectivity index (χ2v) is 4.45. The highest BCUT2D eigenvalue weighted by Crippen LogP contribution is 2.20. The lowest BCUT2D eigenvalue weighted by Gasteiger charge is -2.32. The minimum Gasteiger partial charge on any atom is -0.342 e. The number of carbonyl (C=O) groups is 2. The molecule has 1 fully saturated rings. The molecule has 0 bridgehead atoms. The van der Waals surface area contributed by atoms with Crippen molar-refractivity contribution in [2.45, 2.75) is 26.7 Å². The molecule has 1 atom stereocenters. The molecule has 4 heteroatoms. The summed E-state index contributed by atoms with van der Waals surface area (Å²) in [5.74, 6) is -0.0417. The van der Waals surface area contributed by atoms with Crippen LogP contribution in [0.25, 0.3) is 0 Å². The number of carbonyl (C=O) groups excluding carboxylic acids is 2. The zero-order valence-corrected chi connectivity index (χ0v) is 9.38. The summed E-state index contributed by atoms with van der Waals surface area (Å²) in [5, 5.41) is -0.314. The van der Waals surface area contributed by atoms with E-state index in [4.69, 9.17) is 11.6 Å². The molecule has 0 aromatic carbocycles. The van der Waals surface area contributed by atoms with Crippen LogP contribution in [0.4, 0.5) is 0 Å². The average Bonchev–Trinajstić information content (AvgIpc) is 2.16. The lowest BCUT2D eigenvalue weighted by atomic mass is 9.98. The normalized spacial score (nSPS) is 22.6. The van der Waals surface area contributed by atoms with Crippen molar-refractivity contribution in [1.82, 2.24) is 4.90 Å². The maximum absolute atomic E-state index is 11.6. The minimum absolute atomic E-state index is 0.000762. The van der Waals surface area contributed by atoms with E-state index in [1.54, 1.807) is 4.90 Å². The fraction of sp³-hybridized carbons (Fsp3) is 0.800. The molecule has 0 aromatic heterocycles. The molecular formula is C10H16ClNO2. The summed E-state index contributed by atoms with van der Waals surface area (Å²) in [5.41, 5.74) is 0. The van der Waals surface area contributed by atoms with Crippen molar-refractivity contribution in [3.63, 3.8) is 0 Å². The second kappa shape index (κ2) is 4.78. The van der Waals surface area contributed by atoms with Crippen molar-refractivity contribution >= 4 is 22.8 Å². The van der Waals surface area contributed by atoms with E-state index in [0.717, 1.165) is 19.4 Å². The van der Waals surface area contributed by atoms with Crippen LogP contribution in [0.15, 0.2) is 0 Å². The first-order valence-corrected chi connectivity index (χ1v) is 5.38. The van der Waals surface area contributed by atoms with Gasteiger partial charge in [0.25, 0.3) is 0 Å². The monoisotopic (exact) mass is 217 g/mol. The van der Waals surface area contributed by atoms with Crippen LogP contribution in [0.2, 0.25) is 0 Å². The second-order valence-electron chi connectivity index (χ2n) is 4.08. The van der Waals surface area contributed by atoms with E-state index in [2.05, 4.69) is 0 Å². The van der Waals surface area contributed by atoms with E-state index in [0.29, 0.717) is 6.54 Å². The van der Waals surface area contributed by atoms with Gasteiger partial charge >= 0.3 is 0 Å². The number of rotatable bonds is 2. The molecule has 1 heterocycles. The SMILES string of the molecule is CC(C)C(=O)N1CCCC(C(=O)Cl)C1. The number of piperidine rings is 1. The molecule has 14 heavy (non-hydrogen) atoms. The molecule has 1 unspecified atom stereocenters. The van der Waals surface area contributed by atoms with Crippen LogP contribution in [-0.4, -0.2) is 29.1 Å². The number of nitrogens with zero attached hydrogens (tertiary/aromatic N) is 1. The van der Waals surface area contributed by atoms with Gasteiger partial charge in [-0.05, 0) is 24.4 Å². The zero-order chi connectivity index (χ0) is 10.7. The lowest BCUT2D eigenvalue weighted by molar-refractivity contribution is -0.137. The molecule has 0 aromatic rings. The number of hydrogen-bond donors (Lipinski definition) is 0. The van der Waals surface area contributed by atoms with Crippen molar-refractivity contribution < 1.29 is 9.59 Å². The molecule has 0 spiro atoms. The Kier molecular flexibility index (Phi) is 3.93. The van der Waals surface area contributed by atoms with Crippen molar-refractivity contribution in [2.24, 2.45) is 11.8 Å². The van der Waals surface area contributed by atoms with Gasteiger partial charge in [0, 0.05) is 19.0 Å². The van der Waals surface area contributed by atoms with Gasteiger partial charge in [-0.15, -0.1) is 0 Å². The van der Waals surface area contributed by atoms with Gasteiger partial charge in [0.1, 0.15) is 0 Å². The molecule has 1 aliphatic rings. The van der Waals surface area contributed by atoms with E-state index in [9.17, 15) is 9.59 Å². The number of hydrogen-bond acceptors (Lipinski definition) is 2. The first-order chi connectivity index (χ1) is 6.52. The van der Waals surface area contributed by atoms with Crippen molar-refractivity contribution in [3.8, 4) is 0 Å². The Labute approximate surface area is 89.4 Å². The fourth-order valence-corrected chi connectivity index (χ4v) is 1.91. The summed E-state index contributed by atoms with van der Waals surface area (Å²) in [7, 11) is 0. The van der Waals surface area contributed by atoms with Gasteiger partial charge < -0.3 is 4.90 Å². The Morgan fingerprint density at radius 2 is 2.07 bits per heavy atom. The van der Waals surface area contributed by atoms with Gasteiger partial charge in [0.2, 0.25) is 11.1 Å². The summed E-state index contributed by atoms with van der Waals surface area (Å²) in [6, 6.07) is 0. The highest BCUT2D eigenvalue weighted by atomic mass is 35.5. The molecule has 1 aliphatic heterocycles. The van der Waals surface area contributed by atoms with E-state index in [1.807, 2.05) is 13.8 Å². The predicted octanol–water partition coefficient (Wildman–Crippen LogP) is 1.65. The lowest BCUT2D eigenvalue weighted by Crippen LogP contribution is -2.43. The molecule has 80 valence electrons. The third-order valence-electron chi connectivity index (χ3n) is 2.55. The van der Waals surface area contributed by atoms with Gasteiger partial charge in [0.15, 0.2) is 0 Å². The van der Waals surface area contributed by atoms with Crippen LogP contribution >= 0.6 is 11.6 Å². The minimum atomic E-state index is -0.314. The largest absolute Gasteiger partial charge is 0.342 e. The number of amides is 1. The van der Waals surface area contributed by atoms with Crippen molar-refractivity contribution in [2.75, 3.05) is 13.1 Å². The van der Waals surface area contributed by atoms with Crippen LogP contribution in [0, 0.1) is 11.8 Å². The van der Waals surface area contributed by atoms with E-state index in [-0.39, 0.29) is 23.0 Å². The summed E-state index contributed by atoms with van der Waals surface area (Å²) in [6.07, 6.45) is 1.69. The highest BCUT2D eigenvalue weighted by molar-refractivity contribution is 6.64. The topological polar surface area (TPSA) is 37.4 Å². The first kappa shape index (κ1) is 11.5. The molecule has 3 nitrogen and oxygen atoms in total. The first-order valence-electron chi connectivity index (χ1n) is 5.00. The van der Waals surface area contributed by atoms with Gasteiger partial charge in [-0.3, -0.25) is 9.59 Å². The molecule has 1 rings (SSSR count). The van der Waals surface area contributed by atoms with E-state index >= 15 is 0 Å². The third kappa shape index (κ3) is 2.71. The molecule has 0 saturated carbocycles. The van der Waals surface area contributed by atoms with Crippen LogP contribution in [0.5, 0.6) is 0 Å². The Morgan fingerprint density at radius 1 is 1.43 bits per heavy atom. The van der Waals surface area contributed by atoms with Crippen LogP contribution < -0.4 is 0 Å². The number of halogens is 1. The maximum Gasteiger partial charge on any atom is 0.226 e.